The van der Waals surface area contributed by atoms with Gasteiger partial charge in [-0.3, -0.25) is 0 Å². The van der Waals surface area contributed by atoms with E-state index in [-0.39, 0.29) is 0 Å². The van der Waals surface area contributed by atoms with Crippen LogP contribution >= 0.6 is 34.2 Å². The lowest BCUT2D eigenvalue weighted by Gasteiger charge is -2.05. The van der Waals surface area contributed by atoms with Crippen molar-refractivity contribution in [3.8, 4) is 0 Å². The average Bonchev–Trinajstić information content (AvgIpc) is 2.91. The highest BCUT2D eigenvalue weighted by atomic mass is 127. The van der Waals surface area contributed by atoms with E-state index in [1.807, 2.05) is 12.1 Å². The molecular weight excluding hydrogens is 296 g/mol. The molecule has 0 saturated heterocycles. The molecule has 3 heteroatoms. The Morgan fingerprint density at radius 1 is 1.46 bits per heavy atom. The fourth-order valence-electron chi connectivity index (χ4n) is 1.19. The fourth-order valence-corrected chi connectivity index (χ4v) is 1.71. The van der Waals surface area contributed by atoms with Crippen molar-refractivity contribution in [2.24, 2.45) is 5.92 Å². The van der Waals surface area contributed by atoms with Gasteiger partial charge in [0.15, 0.2) is 0 Å². The monoisotopic (exact) mass is 307 g/mol. The molecule has 1 N–H and O–H groups in total. The van der Waals surface area contributed by atoms with E-state index in [1.165, 1.54) is 12.8 Å². The lowest BCUT2D eigenvalue weighted by Crippen LogP contribution is -2.02. The Labute approximate surface area is 97.0 Å². The molecule has 1 aliphatic rings. The Hall–Kier alpha value is 0.0400. The molecule has 0 radical (unpaired) electrons. The number of hydrogen-bond donors (Lipinski definition) is 1. The Balaban J connectivity index is 1.98. The van der Waals surface area contributed by atoms with Crippen molar-refractivity contribution >= 4 is 39.9 Å². The zero-order valence-corrected chi connectivity index (χ0v) is 10.1. The van der Waals surface area contributed by atoms with Gasteiger partial charge in [-0.05, 0) is 59.5 Å². The molecule has 0 bridgehead atoms. The number of halogens is 2. The Bertz CT molecular complexity index is 310. The Kier molecular flexibility index (Phi) is 2.99. The molecule has 1 aromatic carbocycles. The maximum atomic E-state index is 6.00. The van der Waals surface area contributed by atoms with E-state index >= 15 is 0 Å². The van der Waals surface area contributed by atoms with Crippen molar-refractivity contribution in [3.05, 3.63) is 26.8 Å². The second-order valence-corrected chi connectivity index (χ2v) is 5.02. The minimum absolute atomic E-state index is 0.835. The molecule has 13 heavy (non-hydrogen) atoms. The summed E-state index contributed by atoms with van der Waals surface area (Å²) in [6.07, 6.45) is 2.76. The van der Waals surface area contributed by atoms with Gasteiger partial charge in [0.2, 0.25) is 0 Å². The van der Waals surface area contributed by atoms with Crippen LogP contribution in [0.3, 0.4) is 0 Å². The summed E-state index contributed by atoms with van der Waals surface area (Å²) in [5.41, 5.74) is 1.14. The molecule has 0 atom stereocenters. The molecular formula is C10H11ClIN. The van der Waals surface area contributed by atoms with Crippen LogP contribution in [0.4, 0.5) is 5.69 Å². The number of rotatable bonds is 3. The third-order valence-electron chi connectivity index (χ3n) is 2.21. The molecule has 70 valence electrons. The Morgan fingerprint density at radius 2 is 2.23 bits per heavy atom. The largest absolute Gasteiger partial charge is 0.385 e. The van der Waals surface area contributed by atoms with Crippen molar-refractivity contribution in [2.75, 3.05) is 11.9 Å². The van der Waals surface area contributed by atoms with Crippen molar-refractivity contribution in [3.63, 3.8) is 0 Å². The van der Waals surface area contributed by atoms with Gasteiger partial charge >= 0.3 is 0 Å². The second kappa shape index (κ2) is 4.05. The minimum atomic E-state index is 0.835. The van der Waals surface area contributed by atoms with Crippen LogP contribution in [0.2, 0.25) is 5.02 Å². The third-order valence-corrected chi connectivity index (χ3v) is 3.78. The summed E-state index contributed by atoms with van der Waals surface area (Å²) in [6.45, 7) is 1.09. The molecule has 1 fully saturated rings. The first-order valence-electron chi connectivity index (χ1n) is 4.44. The van der Waals surface area contributed by atoms with E-state index in [0.717, 1.165) is 26.7 Å². The van der Waals surface area contributed by atoms with Gasteiger partial charge in [0.1, 0.15) is 0 Å². The smallest absolute Gasteiger partial charge is 0.0559 e. The van der Waals surface area contributed by atoms with Crippen molar-refractivity contribution in [1.29, 1.82) is 0 Å². The van der Waals surface area contributed by atoms with E-state index in [0.29, 0.717) is 0 Å². The third kappa shape index (κ3) is 2.74. The summed E-state index contributed by atoms with van der Waals surface area (Å²) in [4.78, 5) is 0. The zero-order valence-electron chi connectivity index (χ0n) is 7.19. The summed E-state index contributed by atoms with van der Waals surface area (Å²) >= 11 is 8.23. The summed E-state index contributed by atoms with van der Waals surface area (Å²) in [7, 11) is 0. The molecule has 2 rings (SSSR count). The van der Waals surface area contributed by atoms with E-state index in [2.05, 4.69) is 34.0 Å². The molecule has 1 aromatic rings. The van der Waals surface area contributed by atoms with Crippen LogP contribution in [0, 0.1) is 9.49 Å². The van der Waals surface area contributed by atoms with E-state index in [1.54, 1.807) is 0 Å². The van der Waals surface area contributed by atoms with Crippen LogP contribution in [0.25, 0.3) is 0 Å². The van der Waals surface area contributed by atoms with Crippen molar-refractivity contribution in [1.82, 2.24) is 0 Å². The maximum Gasteiger partial charge on any atom is 0.0559 e. The highest BCUT2D eigenvalue weighted by molar-refractivity contribution is 14.1. The van der Waals surface area contributed by atoms with E-state index < -0.39 is 0 Å². The number of benzene rings is 1. The predicted molar refractivity (Wildman–Crippen MR) is 65.4 cm³/mol. The van der Waals surface area contributed by atoms with Crippen LogP contribution in [-0.2, 0) is 0 Å². The van der Waals surface area contributed by atoms with Gasteiger partial charge in [-0.2, -0.15) is 0 Å². The summed E-state index contributed by atoms with van der Waals surface area (Å²) in [5.74, 6) is 0.901. The number of hydrogen-bond acceptors (Lipinski definition) is 1. The average molecular weight is 308 g/mol. The zero-order chi connectivity index (χ0) is 9.26. The lowest BCUT2D eigenvalue weighted by molar-refractivity contribution is 0.889. The van der Waals surface area contributed by atoms with Gasteiger partial charge < -0.3 is 5.32 Å². The Morgan fingerprint density at radius 3 is 2.85 bits per heavy atom. The SMILES string of the molecule is Clc1cc(NCC2CC2)ccc1I. The van der Waals surface area contributed by atoms with E-state index in [4.69, 9.17) is 11.6 Å². The topological polar surface area (TPSA) is 12.0 Å². The van der Waals surface area contributed by atoms with Gasteiger partial charge in [-0.1, -0.05) is 11.6 Å². The number of anilines is 1. The quantitative estimate of drug-likeness (QED) is 0.838. The van der Waals surface area contributed by atoms with Gasteiger partial charge in [-0.15, -0.1) is 0 Å². The summed E-state index contributed by atoms with van der Waals surface area (Å²) in [5, 5.41) is 4.22. The van der Waals surface area contributed by atoms with Gasteiger partial charge in [-0.25, -0.2) is 0 Å². The first kappa shape index (κ1) is 9.59. The molecule has 0 aromatic heterocycles. The first-order valence-corrected chi connectivity index (χ1v) is 5.90. The normalized spacial score (nSPS) is 15.8. The molecule has 1 saturated carbocycles. The lowest BCUT2D eigenvalue weighted by atomic mass is 10.3. The van der Waals surface area contributed by atoms with Crippen LogP contribution in [0.15, 0.2) is 18.2 Å². The van der Waals surface area contributed by atoms with Crippen LogP contribution in [-0.4, -0.2) is 6.54 Å². The van der Waals surface area contributed by atoms with Gasteiger partial charge in [0.05, 0.1) is 5.02 Å². The van der Waals surface area contributed by atoms with Crippen LogP contribution < -0.4 is 5.32 Å². The van der Waals surface area contributed by atoms with Crippen molar-refractivity contribution < 1.29 is 0 Å². The first-order chi connectivity index (χ1) is 6.25. The molecule has 1 aliphatic carbocycles. The number of nitrogens with one attached hydrogen (secondary N) is 1. The molecule has 0 spiro atoms. The highest BCUT2D eigenvalue weighted by Gasteiger charge is 2.20. The van der Waals surface area contributed by atoms with E-state index in [9.17, 15) is 0 Å². The molecule has 0 aliphatic heterocycles. The molecule has 0 heterocycles. The molecule has 1 nitrogen and oxygen atoms in total. The van der Waals surface area contributed by atoms with Crippen LogP contribution in [0.1, 0.15) is 12.8 Å². The summed E-state index contributed by atoms with van der Waals surface area (Å²) < 4.78 is 1.11. The summed E-state index contributed by atoms with van der Waals surface area (Å²) in [6, 6.07) is 6.11. The fraction of sp³-hybridized carbons (Fsp3) is 0.400. The van der Waals surface area contributed by atoms with Crippen molar-refractivity contribution in [2.45, 2.75) is 12.8 Å². The maximum absolute atomic E-state index is 6.00. The van der Waals surface area contributed by atoms with Gasteiger partial charge in [0.25, 0.3) is 0 Å². The predicted octanol–water partition coefficient (Wildman–Crippen LogP) is 3.77. The standard InChI is InChI=1S/C10H11ClIN/c11-9-5-8(3-4-10(9)12)13-6-7-1-2-7/h3-5,7,13H,1-2,6H2. The minimum Gasteiger partial charge on any atom is -0.385 e. The molecule has 0 amide bonds. The second-order valence-electron chi connectivity index (χ2n) is 3.45. The highest BCUT2D eigenvalue weighted by Crippen LogP contribution is 2.29. The van der Waals surface area contributed by atoms with Gasteiger partial charge in [0, 0.05) is 15.8 Å². The molecule has 0 unspecified atom stereocenters. The van der Waals surface area contributed by atoms with Crippen LogP contribution in [0.5, 0.6) is 0 Å².